The Hall–Kier alpha value is -1.31. The second kappa shape index (κ2) is 7.51. The van der Waals surface area contributed by atoms with Gasteiger partial charge in [-0.15, -0.1) is 0 Å². The molecule has 3 amide bonds. The van der Waals surface area contributed by atoms with Crippen molar-refractivity contribution in [2.75, 3.05) is 50.8 Å². The van der Waals surface area contributed by atoms with Crippen molar-refractivity contribution in [2.24, 2.45) is 5.92 Å². The van der Waals surface area contributed by atoms with Gasteiger partial charge in [0.25, 0.3) is 0 Å². The predicted octanol–water partition coefficient (Wildman–Crippen LogP) is 0.417. The molecule has 2 rings (SSSR count). The van der Waals surface area contributed by atoms with Crippen molar-refractivity contribution in [3.8, 4) is 0 Å². The maximum atomic E-state index is 12.3. The standard InChI is InChI=1S/C15H27N3O4S/c1-3-16(4-2)15(20)18-8-6-17(7-9-18)14(19)11-13-5-10-23(21,22)12-13/h13H,3-12H2,1-2H3. The molecule has 0 aromatic carbocycles. The van der Waals surface area contributed by atoms with E-state index in [9.17, 15) is 18.0 Å². The number of hydrogen-bond acceptors (Lipinski definition) is 4. The zero-order chi connectivity index (χ0) is 17.0. The first-order valence-electron chi connectivity index (χ1n) is 8.38. The van der Waals surface area contributed by atoms with E-state index < -0.39 is 9.84 Å². The number of carbonyl (C=O) groups is 2. The number of urea groups is 1. The second-order valence-corrected chi connectivity index (χ2v) is 8.52. The van der Waals surface area contributed by atoms with Gasteiger partial charge in [0.1, 0.15) is 0 Å². The van der Waals surface area contributed by atoms with Crippen LogP contribution in [0.3, 0.4) is 0 Å². The number of piperazine rings is 1. The molecule has 0 spiro atoms. The number of sulfone groups is 1. The Kier molecular flexibility index (Phi) is 5.89. The summed E-state index contributed by atoms with van der Waals surface area (Å²) in [7, 11) is -2.94. The molecule has 1 unspecified atom stereocenters. The Bertz CT molecular complexity index is 537. The van der Waals surface area contributed by atoms with Crippen LogP contribution in [0.1, 0.15) is 26.7 Å². The van der Waals surface area contributed by atoms with Crippen LogP contribution in [0.2, 0.25) is 0 Å². The van der Waals surface area contributed by atoms with Crippen molar-refractivity contribution in [1.82, 2.24) is 14.7 Å². The maximum Gasteiger partial charge on any atom is 0.320 e. The number of amides is 3. The summed E-state index contributed by atoms with van der Waals surface area (Å²) < 4.78 is 22.9. The van der Waals surface area contributed by atoms with Gasteiger partial charge in [0.15, 0.2) is 9.84 Å². The summed E-state index contributed by atoms with van der Waals surface area (Å²) in [4.78, 5) is 29.9. The third-order valence-electron chi connectivity index (χ3n) is 4.73. The molecule has 23 heavy (non-hydrogen) atoms. The summed E-state index contributed by atoms with van der Waals surface area (Å²) in [5.41, 5.74) is 0. The summed E-state index contributed by atoms with van der Waals surface area (Å²) in [6.07, 6.45) is 0.901. The molecule has 0 saturated carbocycles. The zero-order valence-electron chi connectivity index (χ0n) is 14.0. The number of hydrogen-bond donors (Lipinski definition) is 0. The fraction of sp³-hybridized carbons (Fsp3) is 0.867. The lowest BCUT2D eigenvalue weighted by atomic mass is 10.0. The van der Waals surface area contributed by atoms with Crippen LogP contribution in [-0.2, 0) is 14.6 Å². The van der Waals surface area contributed by atoms with Crippen molar-refractivity contribution in [3.63, 3.8) is 0 Å². The van der Waals surface area contributed by atoms with E-state index in [1.807, 2.05) is 13.8 Å². The highest BCUT2D eigenvalue weighted by Crippen LogP contribution is 2.22. The molecule has 7 nitrogen and oxygen atoms in total. The van der Waals surface area contributed by atoms with E-state index in [4.69, 9.17) is 0 Å². The van der Waals surface area contributed by atoms with Gasteiger partial charge in [-0.3, -0.25) is 4.79 Å². The lowest BCUT2D eigenvalue weighted by Crippen LogP contribution is -2.54. The van der Waals surface area contributed by atoms with Gasteiger partial charge in [0.05, 0.1) is 11.5 Å². The Morgan fingerprint density at radius 1 is 1.04 bits per heavy atom. The van der Waals surface area contributed by atoms with Crippen molar-refractivity contribution >= 4 is 21.8 Å². The van der Waals surface area contributed by atoms with Gasteiger partial charge >= 0.3 is 6.03 Å². The minimum absolute atomic E-state index is 0.0158. The third kappa shape index (κ3) is 4.59. The summed E-state index contributed by atoms with van der Waals surface area (Å²) >= 11 is 0. The molecule has 2 saturated heterocycles. The number of rotatable bonds is 4. The molecule has 132 valence electrons. The van der Waals surface area contributed by atoms with Crippen LogP contribution in [0.4, 0.5) is 4.79 Å². The van der Waals surface area contributed by atoms with Gasteiger partial charge < -0.3 is 14.7 Å². The van der Waals surface area contributed by atoms with Gasteiger partial charge in [-0.25, -0.2) is 13.2 Å². The maximum absolute atomic E-state index is 12.3. The third-order valence-corrected chi connectivity index (χ3v) is 6.56. The molecular formula is C15H27N3O4S. The molecule has 0 bridgehead atoms. The number of nitrogens with zero attached hydrogens (tertiary/aromatic N) is 3. The van der Waals surface area contributed by atoms with E-state index >= 15 is 0 Å². The van der Waals surface area contributed by atoms with Crippen LogP contribution in [0.25, 0.3) is 0 Å². The summed E-state index contributed by atoms with van der Waals surface area (Å²) in [5, 5.41) is 0. The fourth-order valence-electron chi connectivity index (χ4n) is 3.25. The van der Waals surface area contributed by atoms with Crippen molar-refractivity contribution < 1.29 is 18.0 Å². The fourth-order valence-corrected chi connectivity index (χ4v) is 5.11. The van der Waals surface area contributed by atoms with Crippen LogP contribution in [0, 0.1) is 5.92 Å². The molecule has 1 atom stereocenters. The van der Waals surface area contributed by atoms with Gasteiger partial charge in [0, 0.05) is 45.7 Å². The summed E-state index contributed by atoms with van der Waals surface area (Å²) in [6.45, 7) is 7.44. The topological polar surface area (TPSA) is 78.0 Å². The van der Waals surface area contributed by atoms with E-state index in [1.54, 1.807) is 14.7 Å². The molecule has 2 fully saturated rings. The molecule has 0 aliphatic carbocycles. The van der Waals surface area contributed by atoms with E-state index in [2.05, 4.69) is 0 Å². The molecule has 2 heterocycles. The monoisotopic (exact) mass is 345 g/mol. The normalized spacial score (nSPS) is 23.8. The molecule has 0 radical (unpaired) electrons. The molecule has 8 heteroatoms. The van der Waals surface area contributed by atoms with Gasteiger partial charge in [-0.2, -0.15) is 0 Å². The molecule has 0 N–H and O–H groups in total. The first-order chi connectivity index (χ1) is 10.9. The minimum atomic E-state index is -2.94. The smallest absolute Gasteiger partial charge is 0.320 e. The van der Waals surface area contributed by atoms with Crippen LogP contribution >= 0.6 is 0 Å². The first kappa shape index (κ1) is 18.0. The molecule has 0 aromatic rings. The lowest BCUT2D eigenvalue weighted by molar-refractivity contribution is -0.133. The highest BCUT2D eigenvalue weighted by atomic mass is 32.2. The van der Waals surface area contributed by atoms with Crippen LogP contribution in [0.5, 0.6) is 0 Å². The van der Waals surface area contributed by atoms with Crippen molar-refractivity contribution in [1.29, 1.82) is 0 Å². The zero-order valence-corrected chi connectivity index (χ0v) is 14.8. The molecule has 2 aliphatic rings. The first-order valence-corrected chi connectivity index (χ1v) is 10.2. The molecule has 2 aliphatic heterocycles. The van der Waals surface area contributed by atoms with E-state index in [0.29, 0.717) is 52.1 Å². The Balaban J connectivity index is 1.80. The Morgan fingerprint density at radius 2 is 1.61 bits per heavy atom. The van der Waals surface area contributed by atoms with Crippen LogP contribution in [-0.4, -0.2) is 85.8 Å². The Labute approximate surface area is 138 Å². The highest BCUT2D eigenvalue weighted by Gasteiger charge is 2.32. The summed E-state index contributed by atoms with van der Waals surface area (Å²) in [6, 6.07) is 0.0315. The van der Waals surface area contributed by atoms with E-state index in [-0.39, 0.29) is 29.4 Å². The average molecular weight is 345 g/mol. The van der Waals surface area contributed by atoms with E-state index in [1.165, 1.54) is 0 Å². The van der Waals surface area contributed by atoms with Gasteiger partial charge in [0.2, 0.25) is 5.91 Å². The van der Waals surface area contributed by atoms with Gasteiger partial charge in [-0.05, 0) is 26.2 Å². The number of carbonyl (C=O) groups excluding carboxylic acids is 2. The molecular weight excluding hydrogens is 318 g/mol. The predicted molar refractivity (Wildman–Crippen MR) is 87.8 cm³/mol. The average Bonchev–Trinajstić information content (AvgIpc) is 2.87. The highest BCUT2D eigenvalue weighted by molar-refractivity contribution is 7.91. The van der Waals surface area contributed by atoms with Crippen LogP contribution < -0.4 is 0 Å². The second-order valence-electron chi connectivity index (χ2n) is 6.30. The Morgan fingerprint density at radius 3 is 2.09 bits per heavy atom. The lowest BCUT2D eigenvalue weighted by Gasteiger charge is -2.37. The van der Waals surface area contributed by atoms with Crippen LogP contribution in [0.15, 0.2) is 0 Å². The quantitative estimate of drug-likeness (QED) is 0.740. The van der Waals surface area contributed by atoms with E-state index in [0.717, 1.165) is 0 Å². The van der Waals surface area contributed by atoms with Gasteiger partial charge in [-0.1, -0.05) is 0 Å². The van der Waals surface area contributed by atoms with Crippen molar-refractivity contribution in [2.45, 2.75) is 26.7 Å². The SMILES string of the molecule is CCN(CC)C(=O)N1CCN(C(=O)CC2CCS(=O)(=O)C2)CC1. The van der Waals surface area contributed by atoms with Crippen molar-refractivity contribution in [3.05, 3.63) is 0 Å². The summed E-state index contributed by atoms with van der Waals surface area (Å²) in [5.74, 6) is 0.320. The minimum Gasteiger partial charge on any atom is -0.339 e. The largest absolute Gasteiger partial charge is 0.339 e. The molecule has 0 aromatic heterocycles.